The summed E-state index contributed by atoms with van der Waals surface area (Å²) in [5.41, 5.74) is 0. The number of aliphatic hydroxyl groups is 1. The second kappa shape index (κ2) is 12.6. The van der Waals surface area contributed by atoms with E-state index in [1.807, 2.05) is 30.3 Å². The normalized spacial score (nSPS) is 12.3. The zero-order chi connectivity index (χ0) is 15.2. The van der Waals surface area contributed by atoms with E-state index in [2.05, 4.69) is 12.2 Å². The van der Waals surface area contributed by atoms with Crippen molar-refractivity contribution in [2.24, 2.45) is 0 Å². The van der Waals surface area contributed by atoms with Crippen molar-refractivity contribution in [1.29, 1.82) is 0 Å². The molecule has 4 nitrogen and oxygen atoms in total. The summed E-state index contributed by atoms with van der Waals surface area (Å²) >= 11 is 0. The van der Waals surface area contributed by atoms with E-state index in [1.54, 1.807) is 0 Å². The van der Waals surface area contributed by atoms with Gasteiger partial charge >= 0.3 is 0 Å². The van der Waals surface area contributed by atoms with E-state index in [0.29, 0.717) is 26.3 Å². The van der Waals surface area contributed by atoms with Gasteiger partial charge < -0.3 is 19.9 Å². The molecule has 0 radical (unpaired) electrons. The number of benzene rings is 1. The van der Waals surface area contributed by atoms with Crippen LogP contribution in [-0.4, -0.2) is 44.1 Å². The van der Waals surface area contributed by atoms with Crippen molar-refractivity contribution in [3.63, 3.8) is 0 Å². The zero-order valence-electron chi connectivity index (χ0n) is 13.1. The van der Waals surface area contributed by atoms with Crippen molar-refractivity contribution in [3.05, 3.63) is 30.3 Å². The van der Waals surface area contributed by atoms with Crippen molar-refractivity contribution in [3.8, 4) is 5.75 Å². The van der Waals surface area contributed by atoms with Crippen molar-refractivity contribution in [1.82, 2.24) is 5.32 Å². The molecule has 0 bridgehead atoms. The summed E-state index contributed by atoms with van der Waals surface area (Å²) in [5.74, 6) is 0.871. The maximum Gasteiger partial charge on any atom is 0.119 e. The van der Waals surface area contributed by atoms with Crippen LogP contribution >= 0.6 is 0 Å². The maximum absolute atomic E-state index is 9.74. The second-order valence-corrected chi connectivity index (χ2v) is 5.16. The number of hydrogen-bond donors (Lipinski definition) is 2. The molecule has 0 aliphatic heterocycles. The Morgan fingerprint density at radius 2 is 1.90 bits per heavy atom. The fourth-order valence-electron chi connectivity index (χ4n) is 1.94. The van der Waals surface area contributed by atoms with Gasteiger partial charge in [-0.3, -0.25) is 0 Å². The minimum absolute atomic E-state index is 0.401. The van der Waals surface area contributed by atoms with E-state index >= 15 is 0 Å². The van der Waals surface area contributed by atoms with Crippen LogP contribution in [0.2, 0.25) is 0 Å². The highest BCUT2D eigenvalue weighted by Crippen LogP contribution is 2.07. The van der Waals surface area contributed by atoms with Crippen LogP contribution in [0.1, 0.15) is 32.6 Å². The predicted molar refractivity (Wildman–Crippen MR) is 85.8 cm³/mol. The molecule has 0 spiro atoms. The van der Waals surface area contributed by atoms with Crippen molar-refractivity contribution in [2.75, 3.05) is 32.9 Å². The molecule has 0 heterocycles. The molecule has 4 heteroatoms. The Labute approximate surface area is 128 Å². The van der Waals surface area contributed by atoms with Gasteiger partial charge in [0.25, 0.3) is 0 Å². The molecule has 1 aromatic carbocycles. The Morgan fingerprint density at radius 1 is 1.10 bits per heavy atom. The first kappa shape index (κ1) is 18.0. The Hall–Kier alpha value is -1.10. The number of rotatable bonds is 13. The van der Waals surface area contributed by atoms with Gasteiger partial charge in [-0.25, -0.2) is 0 Å². The average molecular weight is 295 g/mol. The Morgan fingerprint density at radius 3 is 2.67 bits per heavy atom. The number of unbranched alkanes of at least 4 members (excludes halogenated alkanes) is 3. The van der Waals surface area contributed by atoms with Gasteiger partial charge in [-0.05, 0) is 18.6 Å². The van der Waals surface area contributed by atoms with Gasteiger partial charge in [0.05, 0.1) is 12.7 Å². The van der Waals surface area contributed by atoms with Crippen LogP contribution < -0.4 is 10.1 Å². The third kappa shape index (κ3) is 10.3. The van der Waals surface area contributed by atoms with Gasteiger partial charge in [0.1, 0.15) is 12.4 Å². The van der Waals surface area contributed by atoms with Crippen LogP contribution in [0.5, 0.6) is 5.75 Å². The third-order valence-electron chi connectivity index (χ3n) is 3.12. The Kier molecular flexibility index (Phi) is 10.8. The number of ether oxygens (including phenoxy) is 2. The molecule has 0 fully saturated rings. The smallest absolute Gasteiger partial charge is 0.119 e. The lowest BCUT2D eigenvalue weighted by Gasteiger charge is -2.12. The fraction of sp³-hybridized carbons (Fsp3) is 0.647. The summed E-state index contributed by atoms with van der Waals surface area (Å²) in [5, 5.41) is 12.9. The van der Waals surface area contributed by atoms with E-state index in [1.165, 1.54) is 19.3 Å². The highest BCUT2D eigenvalue weighted by Gasteiger charge is 2.03. The predicted octanol–water partition coefficient (Wildman–Crippen LogP) is 2.61. The highest BCUT2D eigenvalue weighted by molar-refractivity contribution is 5.20. The maximum atomic E-state index is 9.74. The Bertz CT molecular complexity index is 332. The molecule has 0 aromatic heterocycles. The first-order chi connectivity index (χ1) is 10.3. The van der Waals surface area contributed by atoms with E-state index in [9.17, 15) is 5.11 Å². The number of nitrogens with one attached hydrogen (secondary N) is 1. The number of para-hydroxylation sites is 1. The van der Waals surface area contributed by atoms with E-state index < -0.39 is 6.10 Å². The van der Waals surface area contributed by atoms with Crippen molar-refractivity contribution >= 4 is 0 Å². The molecule has 0 saturated heterocycles. The lowest BCUT2D eigenvalue weighted by atomic mass is 10.2. The topological polar surface area (TPSA) is 50.7 Å². The van der Waals surface area contributed by atoms with Crippen LogP contribution in [0.15, 0.2) is 30.3 Å². The molecule has 2 N–H and O–H groups in total. The lowest BCUT2D eigenvalue weighted by Crippen LogP contribution is -2.33. The van der Waals surface area contributed by atoms with Gasteiger partial charge in [0, 0.05) is 19.7 Å². The zero-order valence-corrected chi connectivity index (χ0v) is 13.1. The third-order valence-corrected chi connectivity index (χ3v) is 3.12. The first-order valence-corrected chi connectivity index (χ1v) is 7.97. The number of aliphatic hydroxyl groups excluding tert-OH is 1. The SMILES string of the molecule is CCCCCCOCC(O)CNCCOc1ccccc1. The molecule has 21 heavy (non-hydrogen) atoms. The molecule has 0 amide bonds. The fourth-order valence-corrected chi connectivity index (χ4v) is 1.94. The summed E-state index contributed by atoms with van der Waals surface area (Å²) in [7, 11) is 0. The van der Waals surface area contributed by atoms with E-state index in [-0.39, 0.29) is 0 Å². The monoisotopic (exact) mass is 295 g/mol. The molecule has 0 aliphatic carbocycles. The molecule has 0 saturated carbocycles. The minimum atomic E-state index is -0.451. The second-order valence-electron chi connectivity index (χ2n) is 5.16. The Balaban J connectivity index is 1.88. The van der Waals surface area contributed by atoms with Crippen LogP contribution in [0.3, 0.4) is 0 Å². The molecular formula is C17H29NO3. The molecule has 1 atom stereocenters. The van der Waals surface area contributed by atoms with Crippen LogP contribution in [-0.2, 0) is 4.74 Å². The first-order valence-electron chi connectivity index (χ1n) is 7.97. The average Bonchev–Trinajstić information content (AvgIpc) is 2.51. The van der Waals surface area contributed by atoms with Crippen molar-refractivity contribution < 1.29 is 14.6 Å². The highest BCUT2D eigenvalue weighted by atomic mass is 16.5. The van der Waals surface area contributed by atoms with Gasteiger partial charge in [-0.15, -0.1) is 0 Å². The van der Waals surface area contributed by atoms with Crippen LogP contribution in [0, 0.1) is 0 Å². The molecule has 120 valence electrons. The minimum Gasteiger partial charge on any atom is -0.492 e. The molecular weight excluding hydrogens is 266 g/mol. The quantitative estimate of drug-likeness (QED) is 0.549. The van der Waals surface area contributed by atoms with Gasteiger partial charge in [-0.1, -0.05) is 44.4 Å². The van der Waals surface area contributed by atoms with E-state index in [4.69, 9.17) is 9.47 Å². The molecule has 1 aromatic rings. The molecule has 0 aliphatic rings. The largest absolute Gasteiger partial charge is 0.492 e. The summed E-state index contributed by atoms with van der Waals surface area (Å²) in [6, 6.07) is 9.72. The summed E-state index contributed by atoms with van der Waals surface area (Å²) in [6.07, 6.45) is 4.33. The summed E-state index contributed by atoms with van der Waals surface area (Å²) < 4.78 is 11.0. The standard InChI is InChI=1S/C17H29NO3/c1-2-3-4-8-12-20-15-16(19)14-18-11-13-21-17-9-6-5-7-10-17/h5-7,9-10,16,18-19H,2-4,8,11-15H2,1H3. The lowest BCUT2D eigenvalue weighted by molar-refractivity contribution is 0.0352. The molecule has 1 rings (SSSR count). The summed E-state index contributed by atoms with van der Waals surface area (Å²) in [4.78, 5) is 0. The van der Waals surface area contributed by atoms with Crippen molar-refractivity contribution in [2.45, 2.75) is 38.7 Å². The van der Waals surface area contributed by atoms with Crippen LogP contribution in [0.4, 0.5) is 0 Å². The van der Waals surface area contributed by atoms with Gasteiger partial charge in [-0.2, -0.15) is 0 Å². The van der Waals surface area contributed by atoms with Gasteiger partial charge in [0.15, 0.2) is 0 Å². The summed E-state index contributed by atoms with van der Waals surface area (Å²) in [6.45, 7) is 5.18. The van der Waals surface area contributed by atoms with Gasteiger partial charge in [0.2, 0.25) is 0 Å². The van der Waals surface area contributed by atoms with E-state index in [0.717, 1.165) is 18.8 Å². The molecule has 1 unspecified atom stereocenters. The number of hydrogen-bond acceptors (Lipinski definition) is 4. The van der Waals surface area contributed by atoms with Crippen LogP contribution in [0.25, 0.3) is 0 Å².